The third-order valence-electron chi connectivity index (χ3n) is 3.47. The van der Waals surface area contributed by atoms with Gasteiger partial charge in [-0.05, 0) is 24.7 Å². The van der Waals surface area contributed by atoms with Crippen LogP contribution in [-0.4, -0.2) is 23.7 Å². The quantitative estimate of drug-likeness (QED) is 0.580. The summed E-state index contributed by atoms with van der Waals surface area (Å²) in [5.74, 6) is -2.20. The molecular formula is C12H16O4. The van der Waals surface area contributed by atoms with Crippen LogP contribution < -0.4 is 0 Å². The van der Waals surface area contributed by atoms with Crippen molar-refractivity contribution < 1.29 is 19.4 Å². The van der Waals surface area contributed by atoms with E-state index in [1.165, 1.54) is 0 Å². The maximum atomic E-state index is 11.8. The van der Waals surface area contributed by atoms with Gasteiger partial charge in [-0.25, -0.2) is 0 Å². The number of esters is 1. The highest BCUT2D eigenvalue weighted by Crippen LogP contribution is 2.48. The van der Waals surface area contributed by atoms with Gasteiger partial charge in [0.05, 0.1) is 18.4 Å². The Balaban J connectivity index is 2.10. The first kappa shape index (κ1) is 11.2. The van der Waals surface area contributed by atoms with Crippen LogP contribution in [0.15, 0.2) is 12.2 Å². The first-order valence-corrected chi connectivity index (χ1v) is 5.73. The van der Waals surface area contributed by atoms with Crippen molar-refractivity contribution in [2.45, 2.75) is 19.8 Å². The summed E-state index contributed by atoms with van der Waals surface area (Å²) < 4.78 is 5.07. The summed E-state index contributed by atoms with van der Waals surface area (Å²) in [5, 5.41) is 9.14. The second-order valence-electron chi connectivity index (χ2n) is 4.51. The molecule has 4 heteroatoms. The van der Waals surface area contributed by atoms with Gasteiger partial charge in [0.15, 0.2) is 0 Å². The Labute approximate surface area is 94.3 Å². The lowest BCUT2D eigenvalue weighted by Crippen LogP contribution is -2.34. The maximum absolute atomic E-state index is 11.8. The minimum Gasteiger partial charge on any atom is -0.481 e. The number of rotatable bonds is 4. The van der Waals surface area contributed by atoms with Gasteiger partial charge in [0.2, 0.25) is 0 Å². The number of fused-ring (bicyclic) bond motifs is 2. The van der Waals surface area contributed by atoms with Gasteiger partial charge in [0, 0.05) is 0 Å². The number of hydrogen-bond donors (Lipinski definition) is 1. The topological polar surface area (TPSA) is 63.6 Å². The van der Waals surface area contributed by atoms with Gasteiger partial charge < -0.3 is 9.84 Å². The zero-order valence-corrected chi connectivity index (χ0v) is 9.26. The number of aliphatic carboxylic acids is 1. The molecule has 4 nitrogen and oxygen atoms in total. The maximum Gasteiger partial charge on any atom is 0.310 e. The molecule has 2 aliphatic rings. The Kier molecular flexibility index (Phi) is 2.99. The molecule has 0 aromatic rings. The van der Waals surface area contributed by atoms with Gasteiger partial charge in [0.25, 0.3) is 0 Å². The fourth-order valence-electron chi connectivity index (χ4n) is 2.78. The van der Waals surface area contributed by atoms with E-state index in [2.05, 4.69) is 0 Å². The average Bonchev–Trinajstić information content (AvgIpc) is 2.84. The molecule has 0 aromatic heterocycles. The van der Waals surface area contributed by atoms with E-state index in [4.69, 9.17) is 9.84 Å². The van der Waals surface area contributed by atoms with E-state index in [9.17, 15) is 9.59 Å². The zero-order chi connectivity index (χ0) is 11.7. The normalized spacial score (nSPS) is 35.3. The third-order valence-corrected chi connectivity index (χ3v) is 3.47. The summed E-state index contributed by atoms with van der Waals surface area (Å²) in [6.45, 7) is 2.30. The number of carbonyl (C=O) groups is 2. The molecule has 0 radical (unpaired) electrons. The highest BCUT2D eigenvalue weighted by atomic mass is 16.5. The number of allylic oxidation sites excluding steroid dienone is 2. The average molecular weight is 224 g/mol. The summed E-state index contributed by atoms with van der Waals surface area (Å²) in [5.41, 5.74) is 0. The second-order valence-corrected chi connectivity index (χ2v) is 4.51. The lowest BCUT2D eigenvalue weighted by molar-refractivity contribution is -0.158. The molecule has 4 atom stereocenters. The van der Waals surface area contributed by atoms with Crippen LogP contribution in [-0.2, 0) is 14.3 Å². The smallest absolute Gasteiger partial charge is 0.310 e. The van der Waals surface area contributed by atoms with Crippen LogP contribution in [0.1, 0.15) is 19.8 Å². The lowest BCUT2D eigenvalue weighted by atomic mass is 9.83. The van der Waals surface area contributed by atoms with Crippen molar-refractivity contribution in [1.82, 2.24) is 0 Å². The molecule has 1 N–H and O–H groups in total. The highest BCUT2D eigenvalue weighted by Gasteiger charge is 2.52. The van der Waals surface area contributed by atoms with Gasteiger partial charge in [-0.2, -0.15) is 0 Å². The van der Waals surface area contributed by atoms with Crippen molar-refractivity contribution in [3.8, 4) is 0 Å². The van der Waals surface area contributed by atoms with Crippen molar-refractivity contribution in [3.05, 3.63) is 12.2 Å². The molecular weight excluding hydrogens is 208 g/mol. The third kappa shape index (κ3) is 1.72. The Bertz CT molecular complexity index is 334. The van der Waals surface area contributed by atoms with Crippen molar-refractivity contribution in [1.29, 1.82) is 0 Å². The van der Waals surface area contributed by atoms with Crippen molar-refractivity contribution in [2.24, 2.45) is 23.7 Å². The molecule has 2 unspecified atom stereocenters. The molecule has 0 heterocycles. The first-order valence-electron chi connectivity index (χ1n) is 5.73. The van der Waals surface area contributed by atoms with Crippen LogP contribution in [0.25, 0.3) is 0 Å². The molecule has 2 aliphatic carbocycles. The minimum atomic E-state index is -0.879. The molecule has 2 rings (SSSR count). The molecule has 0 aliphatic heterocycles. The standard InChI is InChI=1S/C12H16O4/c1-2-5-16-12(15)10-8-4-3-7(6-8)9(10)11(13)14/h3-4,7-10H,2,5-6H2,1H3,(H,13,14)/t7?,8?,9-,10-/m0/s1. The highest BCUT2D eigenvalue weighted by molar-refractivity contribution is 5.83. The Hall–Kier alpha value is -1.32. The van der Waals surface area contributed by atoms with Gasteiger partial charge in [-0.1, -0.05) is 19.1 Å². The number of carbonyl (C=O) groups excluding carboxylic acids is 1. The molecule has 1 fully saturated rings. The van der Waals surface area contributed by atoms with Crippen LogP contribution in [0, 0.1) is 23.7 Å². The SMILES string of the molecule is CCCOC(=O)[C@H]1C2C=CC(C2)[C@@H]1C(=O)O. The number of hydrogen-bond acceptors (Lipinski definition) is 3. The van der Waals surface area contributed by atoms with Crippen LogP contribution in [0.3, 0.4) is 0 Å². The van der Waals surface area contributed by atoms with Crippen molar-refractivity contribution in [2.75, 3.05) is 6.61 Å². The van der Waals surface area contributed by atoms with E-state index in [1.807, 2.05) is 19.1 Å². The molecule has 1 saturated carbocycles. The molecule has 2 bridgehead atoms. The van der Waals surface area contributed by atoms with E-state index in [0.717, 1.165) is 12.8 Å². The Morgan fingerprint density at radius 2 is 1.94 bits per heavy atom. The first-order chi connectivity index (χ1) is 7.65. The fraction of sp³-hybridized carbons (Fsp3) is 0.667. The molecule has 88 valence electrons. The van der Waals surface area contributed by atoms with E-state index in [0.29, 0.717) is 6.61 Å². The molecule has 0 aromatic carbocycles. The lowest BCUT2D eigenvalue weighted by Gasteiger charge is -2.22. The predicted octanol–water partition coefficient (Wildman–Crippen LogP) is 1.46. The van der Waals surface area contributed by atoms with Crippen molar-refractivity contribution >= 4 is 11.9 Å². The summed E-state index contributed by atoms with van der Waals surface area (Å²) in [6, 6.07) is 0. The van der Waals surface area contributed by atoms with E-state index >= 15 is 0 Å². The fourth-order valence-corrected chi connectivity index (χ4v) is 2.78. The number of carboxylic acid groups (broad SMARTS) is 1. The predicted molar refractivity (Wildman–Crippen MR) is 56.6 cm³/mol. The van der Waals surface area contributed by atoms with Crippen molar-refractivity contribution in [3.63, 3.8) is 0 Å². The van der Waals surface area contributed by atoms with Crippen LogP contribution in [0.5, 0.6) is 0 Å². The molecule has 0 spiro atoms. The van der Waals surface area contributed by atoms with Crippen LogP contribution >= 0.6 is 0 Å². The number of carboxylic acids is 1. The summed E-state index contributed by atoms with van der Waals surface area (Å²) in [4.78, 5) is 22.9. The Morgan fingerprint density at radius 1 is 1.31 bits per heavy atom. The molecule has 16 heavy (non-hydrogen) atoms. The zero-order valence-electron chi connectivity index (χ0n) is 9.26. The number of ether oxygens (including phenoxy) is 1. The van der Waals surface area contributed by atoms with Crippen LogP contribution in [0.4, 0.5) is 0 Å². The molecule has 0 amide bonds. The monoisotopic (exact) mass is 224 g/mol. The Morgan fingerprint density at radius 3 is 2.50 bits per heavy atom. The minimum absolute atomic E-state index is 0.0154. The van der Waals surface area contributed by atoms with Gasteiger partial charge in [-0.15, -0.1) is 0 Å². The van der Waals surface area contributed by atoms with Gasteiger partial charge in [-0.3, -0.25) is 9.59 Å². The summed E-state index contributed by atoms with van der Waals surface area (Å²) >= 11 is 0. The summed E-state index contributed by atoms with van der Waals surface area (Å²) in [6.07, 6.45) is 5.43. The van der Waals surface area contributed by atoms with Gasteiger partial charge >= 0.3 is 11.9 Å². The molecule has 0 saturated heterocycles. The van der Waals surface area contributed by atoms with Gasteiger partial charge in [0.1, 0.15) is 0 Å². The van der Waals surface area contributed by atoms with Crippen LogP contribution in [0.2, 0.25) is 0 Å². The summed E-state index contributed by atoms with van der Waals surface area (Å²) in [7, 11) is 0. The van der Waals surface area contributed by atoms with E-state index < -0.39 is 17.8 Å². The largest absolute Gasteiger partial charge is 0.481 e. The van der Waals surface area contributed by atoms with E-state index in [1.54, 1.807) is 0 Å². The van der Waals surface area contributed by atoms with E-state index in [-0.39, 0.29) is 17.8 Å². The second kappa shape index (κ2) is 4.28.